The van der Waals surface area contributed by atoms with Gasteiger partial charge in [-0.15, -0.1) is 0 Å². The minimum atomic E-state index is -0.243. The molecule has 1 N–H and O–H groups in total. The quantitative estimate of drug-likeness (QED) is 0.283. The standard InChI is InChI=1S/C26H25BrClNO4/c1-3-31-21-12-10-20(11-13-21)29-25(30)14-9-18-15-22(27)26(24(16-18)32-4-2)33-17-19-7-5-6-8-23(19)28/h5-16H,3-4,17H2,1-2H3,(H,29,30)/b14-9+. The topological polar surface area (TPSA) is 56.8 Å². The smallest absolute Gasteiger partial charge is 0.248 e. The van der Waals surface area contributed by atoms with Crippen LogP contribution in [-0.2, 0) is 11.4 Å². The molecule has 0 aliphatic rings. The van der Waals surface area contributed by atoms with Crippen molar-refractivity contribution in [2.75, 3.05) is 18.5 Å². The average Bonchev–Trinajstić information content (AvgIpc) is 2.80. The summed E-state index contributed by atoms with van der Waals surface area (Å²) in [6.07, 6.45) is 3.19. The number of amides is 1. The molecule has 1 amide bonds. The van der Waals surface area contributed by atoms with Crippen LogP contribution in [0.25, 0.3) is 6.08 Å². The zero-order valence-corrected chi connectivity index (χ0v) is 20.8. The summed E-state index contributed by atoms with van der Waals surface area (Å²) < 4.78 is 17.9. The highest BCUT2D eigenvalue weighted by atomic mass is 79.9. The maximum Gasteiger partial charge on any atom is 0.248 e. The van der Waals surface area contributed by atoms with Gasteiger partial charge in [0.1, 0.15) is 12.4 Å². The molecule has 0 radical (unpaired) electrons. The second-order valence-corrected chi connectivity index (χ2v) is 8.18. The molecule has 0 fully saturated rings. The van der Waals surface area contributed by atoms with Gasteiger partial charge in [0.05, 0.1) is 17.7 Å². The van der Waals surface area contributed by atoms with Gasteiger partial charge in [0.15, 0.2) is 11.5 Å². The highest BCUT2D eigenvalue weighted by Crippen LogP contribution is 2.38. The van der Waals surface area contributed by atoms with Crippen molar-refractivity contribution in [3.63, 3.8) is 0 Å². The maximum atomic E-state index is 12.3. The monoisotopic (exact) mass is 529 g/mol. The van der Waals surface area contributed by atoms with Crippen molar-refractivity contribution >= 4 is 45.2 Å². The minimum Gasteiger partial charge on any atom is -0.494 e. The molecular formula is C26H25BrClNO4. The molecule has 0 aliphatic heterocycles. The van der Waals surface area contributed by atoms with Gasteiger partial charge in [0.25, 0.3) is 0 Å². The Labute approximate surface area is 207 Å². The van der Waals surface area contributed by atoms with E-state index in [9.17, 15) is 4.79 Å². The Hall–Kier alpha value is -2.96. The van der Waals surface area contributed by atoms with Crippen LogP contribution in [0, 0.1) is 0 Å². The Balaban J connectivity index is 1.70. The van der Waals surface area contributed by atoms with Gasteiger partial charge in [-0.2, -0.15) is 0 Å². The molecule has 0 aromatic heterocycles. The van der Waals surface area contributed by atoms with Crippen LogP contribution in [-0.4, -0.2) is 19.1 Å². The Bertz CT molecular complexity index is 1120. The lowest BCUT2D eigenvalue weighted by Gasteiger charge is -2.15. The third kappa shape index (κ3) is 7.27. The van der Waals surface area contributed by atoms with Crippen LogP contribution in [0.4, 0.5) is 5.69 Å². The Morgan fingerprint density at radius 2 is 1.73 bits per heavy atom. The summed E-state index contributed by atoms with van der Waals surface area (Å²) in [6.45, 7) is 5.20. The van der Waals surface area contributed by atoms with Gasteiger partial charge in [0, 0.05) is 22.3 Å². The van der Waals surface area contributed by atoms with Gasteiger partial charge in [-0.05, 0) is 83.9 Å². The summed E-state index contributed by atoms with van der Waals surface area (Å²) in [5, 5.41) is 3.47. The first kappa shape index (κ1) is 24.7. The molecule has 7 heteroatoms. The van der Waals surface area contributed by atoms with E-state index in [0.29, 0.717) is 46.5 Å². The van der Waals surface area contributed by atoms with Crippen molar-refractivity contribution < 1.29 is 19.0 Å². The van der Waals surface area contributed by atoms with Crippen LogP contribution in [0.3, 0.4) is 0 Å². The highest BCUT2D eigenvalue weighted by molar-refractivity contribution is 9.10. The average molecular weight is 531 g/mol. The van der Waals surface area contributed by atoms with Crippen LogP contribution in [0.2, 0.25) is 5.02 Å². The molecule has 33 heavy (non-hydrogen) atoms. The first-order valence-electron chi connectivity index (χ1n) is 10.5. The normalized spacial score (nSPS) is 10.8. The number of hydrogen-bond donors (Lipinski definition) is 1. The van der Waals surface area contributed by atoms with Gasteiger partial charge < -0.3 is 19.5 Å². The molecular weight excluding hydrogens is 506 g/mol. The molecule has 0 heterocycles. The van der Waals surface area contributed by atoms with E-state index in [1.165, 1.54) is 6.08 Å². The number of hydrogen-bond acceptors (Lipinski definition) is 4. The highest BCUT2D eigenvalue weighted by Gasteiger charge is 2.13. The third-order valence-corrected chi connectivity index (χ3v) is 5.48. The molecule has 0 atom stereocenters. The summed E-state index contributed by atoms with van der Waals surface area (Å²) in [5.74, 6) is 1.67. The second-order valence-electron chi connectivity index (χ2n) is 6.92. The zero-order valence-electron chi connectivity index (χ0n) is 18.4. The third-order valence-electron chi connectivity index (χ3n) is 4.52. The van der Waals surface area contributed by atoms with E-state index in [4.69, 9.17) is 25.8 Å². The largest absolute Gasteiger partial charge is 0.494 e. The molecule has 5 nitrogen and oxygen atoms in total. The van der Waals surface area contributed by atoms with E-state index >= 15 is 0 Å². The molecule has 3 aromatic carbocycles. The lowest BCUT2D eigenvalue weighted by Crippen LogP contribution is -2.07. The summed E-state index contributed by atoms with van der Waals surface area (Å²) in [5.41, 5.74) is 2.35. The van der Waals surface area contributed by atoms with Gasteiger partial charge in [-0.1, -0.05) is 29.8 Å². The number of rotatable bonds is 10. The number of halogens is 2. The summed E-state index contributed by atoms with van der Waals surface area (Å²) in [7, 11) is 0. The first-order chi connectivity index (χ1) is 16.0. The van der Waals surface area contributed by atoms with Crippen LogP contribution < -0.4 is 19.5 Å². The van der Waals surface area contributed by atoms with Crippen molar-refractivity contribution in [1.29, 1.82) is 0 Å². The number of benzene rings is 3. The zero-order chi connectivity index (χ0) is 23.6. The van der Waals surface area contributed by atoms with E-state index < -0.39 is 0 Å². The van der Waals surface area contributed by atoms with Crippen LogP contribution in [0.5, 0.6) is 17.2 Å². The van der Waals surface area contributed by atoms with Gasteiger partial charge in [-0.25, -0.2) is 0 Å². The molecule has 3 rings (SSSR count). The van der Waals surface area contributed by atoms with Gasteiger partial charge >= 0.3 is 0 Å². The lowest BCUT2D eigenvalue weighted by atomic mass is 10.1. The molecule has 0 saturated heterocycles. The fourth-order valence-corrected chi connectivity index (χ4v) is 3.77. The minimum absolute atomic E-state index is 0.243. The predicted octanol–water partition coefficient (Wildman–Crippen LogP) is 7.13. The van der Waals surface area contributed by atoms with Crippen molar-refractivity contribution in [1.82, 2.24) is 0 Å². The second kappa shape index (κ2) is 12.3. The van der Waals surface area contributed by atoms with Crippen molar-refractivity contribution in [2.45, 2.75) is 20.5 Å². The van der Waals surface area contributed by atoms with E-state index in [1.807, 2.05) is 62.4 Å². The number of carbonyl (C=O) groups excluding carboxylic acids is 1. The van der Waals surface area contributed by atoms with Gasteiger partial charge in [-0.3, -0.25) is 4.79 Å². The first-order valence-corrected chi connectivity index (χ1v) is 11.7. The molecule has 0 aliphatic carbocycles. The molecule has 172 valence electrons. The number of ether oxygens (including phenoxy) is 3. The fourth-order valence-electron chi connectivity index (χ4n) is 3.01. The Morgan fingerprint density at radius 1 is 1.00 bits per heavy atom. The molecule has 3 aromatic rings. The molecule has 0 spiro atoms. The van der Waals surface area contributed by atoms with Crippen molar-refractivity contribution in [3.8, 4) is 17.2 Å². The summed E-state index contributed by atoms with van der Waals surface area (Å²) in [6, 6.07) is 18.4. The summed E-state index contributed by atoms with van der Waals surface area (Å²) >= 11 is 9.79. The van der Waals surface area contributed by atoms with Crippen LogP contribution in [0.1, 0.15) is 25.0 Å². The Kier molecular flexibility index (Phi) is 9.22. The van der Waals surface area contributed by atoms with Gasteiger partial charge in [0.2, 0.25) is 5.91 Å². The van der Waals surface area contributed by atoms with Crippen LogP contribution >= 0.6 is 27.5 Å². The maximum absolute atomic E-state index is 12.3. The van der Waals surface area contributed by atoms with E-state index in [1.54, 1.807) is 18.2 Å². The molecule has 0 bridgehead atoms. The number of anilines is 1. The molecule has 0 saturated carbocycles. The van der Waals surface area contributed by atoms with E-state index in [2.05, 4.69) is 21.2 Å². The Morgan fingerprint density at radius 3 is 2.42 bits per heavy atom. The lowest BCUT2D eigenvalue weighted by molar-refractivity contribution is -0.111. The fraction of sp³-hybridized carbons (Fsp3) is 0.192. The SMILES string of the molecule is CCOc1ccc(NC(=O)/C=C/c2cc(Br)c(OCc3ccccc3Cl)c(OCC)c2)cc1. The summed E-state index contributed by atoms with van der Waals surface area (Å²) in [4.78, 5) is 12.3. The van der Waals surface area contributed by atoms with Crippen molar-refractivity contribution in [2.24, 2.45) is 0 Å². The van der Waals surface area contributed by atoms with Crippen molar-refractivity contribution in [3.05, 3.63) is 87.4 Å². The van der Waals surface area contributed by atoms with E-state index in [0.717, 1.165) is 16.9 Å². The number of carbonyl (C=O) groups is 1. The van der Waals surface area contributed by atoms with E-state index in [-0.39, 0.29) is 5.91 Å². The number of nitrogens with one attached hydrogen (secondary N) is 1. The van der Waals surface area contributed by atoms with Crippen LogP contribution in [0.15, 0.2) is 71.2 Å². The molecule has 0 unspecified atom stereocenters. The predicted molar refractivity (Wildman–Crippen MR) is 136 cm³/mol.